The van der Waals surface area contributed by atoms with Crippen LogP contribution < -0.4 is 16.4 Å². The van der Waals surface area contributed by atoms with Gasteiger partial charge in [0.05, 0.1) is 13.1 Å². The van der Waals surface area contributed by atoms with Crippen molar-refractivity contribution in [3.8, 4) is 0 Å². The van der Waals surface area contributed by atoms with Gasteiger partial charge >= 0.3 is 0 Å². The number of amides is 2. The first kappa shape index (κ1) is 29.1. The highest BCUT2D eigenvalue weighted by Gasteiger charge is 2.25. The molecule has 1 aromatic rings. The summed E-state index contributed by atoms with van der Waals surface area (Å²) in [6.45, 7) is 4.52. The fourth-order valence-electron chi connectivity index (χ4n) is 3.04. The van der Waals surface area contributed by atoms with Gasteiger partial charge in [0, 0.05) is 38.8 Å². The maximum atomic E-state index is 11.7. The van der Waals surface area contributed by atoms with Crippen LogP contribution in [0.5, 0.6) is 0 Å². The minimum Gasteiger partial charge on any atom is -0.355 e. The fourth-order valence-corrected chi connectivity index (χ4v) is 3.04. The van der Waals surface area contributed by atoms with Crippen molar-refractivity contribution in [2.24, 2.45) is 5.73 Å². The molecule has 0 spiro atoms. The van der Waals surface area contributed by atoms with E-state index in [1.807, 2.05) is 6.07 Å². The average Bonchev–Trinajstić information content (AvgIpc) is 2.64. The molecule has 162 valence electrons. The second-order valence-corrected chi connectivity index (χ2v) is 6.41. The van der Waals surface area contributed by atoms with E-state index in [0.29, 0.717) is 12.6 Å². The summed E-state index contributed by atoms with van der Waals surface area (Å²) in [5.41, 5.74) is 6.52. The van der Waals surface area contributed by atoms with Gasteiger partial charge in [0.15, 0.2) is 0 Å². The average molecular weight is 457 g/mol. The minimum absolute atomic E-state index is 0. The Labute approximate surface area is 186 Å². The summed E-state index contributed by atoms with van der Waals surface area (Å²) < 4.78 is 0. The van der Waals surface area contributed by atoms with Crippen molar-refractivity contribution < 1.29 is 9.59 Å². The van der Waals surface area contributed by atoms with E-state index < -0.39 is 0 Å². The van der Waals surface area contributed by atoms with Crippen molar-refractivity contribution in [1.82, 2.24) is 20.4 Å². The smallest absolute Gasteiger partial charge is 0.239 e. The van der Waals surface area contributed by atoms with E-state index in [1.165, 1.54) is 5.56 Å². The van der Waals surface area contributed by atoms with Gasteiger partial charge in [-0.15, -0.1) is 37.2 Å². The summed E-state index contributed by atoms with van der Waals surface area (Å²) in [6.07, 6.45) is 0.879. The van der Waals surface area contributed by atoms with E-state index in [4.69, 9.17) is 5.73 Å². The fraction of sp³-hybridized carbons (Fsp3) is 0.556. The number of rotatable bonds is 8. The zero-order valence-corrected chi connectivity index (χ0v) is 18.6. The molecule has 10 heteroatoms. The Morgan fingerprint density at radius 3 is 2.39 bits per heavy atom. The Balaban J connectivity index is 0. The molecule has 1 saturated heterocycles. The van der Waals surface area contributed by atoms with Gasteiger partial charge in [-0.1, -0.05) is 30.3 Å². The Morgan fingerprint density at radius 2 is 1.75 bits per heavy atom. The van der Waals surface area contributed by atoms with E-state index in [0.717, 1.165) is 32.6 Å². The third-order valence-electron chi connectivity index (χ3n) is 4.45. The normalized spacial score (nSPS) is 16.7. The lowest BCUT2D eigenvalue weighted by molar-refractivity contribution is -0.125. The molecule has 28 heavy (non-hydrogen) atoms. The van der Waals surface area contributed by atoms with Crippen molar-refractivity contribution in [2.45, 2.75) is 12.5 Å². The van der Waals surface area contributed by atoms with Gasteiger partial charge in [0.2, 0.25) is 11.8 Å². The number of likely N-dealkylation sites (N-methyl/N-ethyl adjacent to an activating group) is 1. The maximum absolute atomic E-state index is 11.7. The molecule has 2 rings (SSSR count). The molecule has 2 amide bonds. The van der Waals surface area contributed by atoms with E-state index >= 15 is 0 Å². The zero-order valence-electron chi connectivity index (χ0n) is 16.1. The van der Waals surface area contributed by atoms with Crippen LogP contribution in [-0.2, 0) is 9.59 Å². The number of carbonyl (C=O) groups excluding carboxylic acids is 2. The molecule has 1 fully saturated rings. The quantitative estimate of drug-likeness (QED) is 0.504. The predicted octanol–water partition coefficient (Wildman–Crippen LogP) is 0.822. The number of carbonyl (C=O) groups is 2. The number of nitrogens with zero attached hydrogens (tertiary/aromatic N) is 2. The van der Waals surface area contributed by atoms with Gasteiger partial charge in [-0.3, -0.25) is 14.5 Å². The third-order valence-corrected chi connectivity index (χ3v) is 4.45. The van der Waals surface area contributed by atoms with Crippen LogP contribution in [0.25, 0.3) is 0 Å². The minimum atomic E-state index is -0.321. The number of halogens is 3. The first-order chi connectivity index (χ1) is 12.1. The maximum Gasteiger partial charge on any atom is 0.239 e. The van der Waals surface area contributed by atoms with Crippen molar-refractivity contribution >= 4 is 49.0 Å². The monoisotopic (exact) mass is 455 g/mol. The topological polar surface area (TPSA) is 90.7 Å². The van der Waals surface area contributed by atoms with Gasteiger partial charge in [-0.25, -0.2) is 0 Å². The van der Waals surface area contributed by atoms with E-state index in [2.05, 4.69) is 51.7 Å². The summed E-state index contributed by atoms with van der Waals surface area (Å²) in [5.74, 6) is -0.502. The summed E-state index contributed by atoms with van der Waals surface area (Å²) in [4.78, 5) is 27.5. The molecular weight excluding hydrogens is 425 g/mol. The largest absolute Gasteiger partial charge is 0.355 e. The summed E-state index contributed by atoms with van der Waals surface area (Å²) in [5, 5.41) is 5.30. The number of nitrogens with two attached hydrogens (primary N) is 1. The lowest BCUT2D eigenvalue weighted by Crippen LogP contribution is -2.47. The Hall–Kier alpha value is -1.09. The third kappa shape index (κ3) is 9.91. The molecular formula is C18H32Cl3N5O2. The number of benzene rings is 1. The van der Waals surface area contributed by atoms with Gasteiger partial charge < -0.3 is 21.3 Å². The first-order valence-corrected chi connectivity index (χ1v) is 8.81. The van der Waals surface area contributed by atoms with Gasteiger partial charge in [-0.2, -0.15) is 0 Å². The summed E-state index contributed by atoms with van der Waals surface area (Å²) >= 11 is 0. The highest BCUT2D eigenvalue weighted by atomic mass is 35.5. The van der Waals surface area contributed by atoms with E-state index in [1.54, 1.807) is 0 Å². The van der Waals surface area contributed by atoms with Crippen molar-refractivity contribution in [3.05, 3.63) is 35.9 Å². The van der Waals surface area contributed by atoms with Crippen LogP contribution in [0.2, 0.25) is 0 Å². The van der Waals surface area contributed by atoms with Gasteiger partial charge in [0.1, 0.15) is 0 Å². The second kappa shape index (κ2) is 15.8. The molecule has 0 aliphatic carbocycles. The summed E-state index contributed by atoms with van der Waals surface area (Å²) in [7, 11) is 2.16. The standard InChI is InChI=1S/C18H29N5O2.3ClH/c1-22-10-11-23(16(14-22)15-6-3-2-4-7-15)9-5-8-20-18(25)13-21-17(24)12-19;;;/h2-4,6-7,16H,5,8-14,19H2,1H3,(H,20,25)(H,21,24);3*1H. The number of nitrogens with one attached hydrogen (secondary N) is 2. The van der Waals surface area contributed by atoms with Crippen molar-refractivity contribution in [2.75, 3.05) is 52.9 Å². The van der Waals surface area contributed by atoms with Crippen LogP contribution in [0.4, 0.5) is 0 Å². The number of hydrogen-bond donors (Lipinski definition) is 3. The van der Waals surface area contributed by atoms with Crippen LogP contribution in [0, 0.1) is 0 Å². The van der Waals surface area contributed by atoms with E-state index in [-0.39, 0.29) is 62.1 Å². The molecule has 1 aliphatic heterocycles. The second-order valence-electron chi connectivity index (χ2n) is 6.41. The molecule has 0 aromatic heterocycles. The Kier molecular flexibility index (Phi) is 16.4. The lowest BCUT2D eigenvalue weighted by atomic mass is 10.0. The van der Waals surface area contributed by atoms with Gasteiger partial charge in [0.25, 0.3) is 0 Å². The molecule has 1 unspecified atom stereocenters. The van der Waals surface area contributed by atoms with Crippen LogP contribution in [-0.4, -0.2) is 74.5 Å². The van der Waals surface area contributed by atoms with Crippen LogP contribution in [0.15, 0.2) is 30.3 Å². The van der Waals surface area contributed by atoms with E-state index in [9.17, 15) is 9.59 Å². The molecule has 1 atom stereocenters. The predicted molar refractivity (Wildman–Crippen MR) is 120 cm³/mol. The highest BCUT2D eigenvalue weighted by molar-refractivity contribution is 5.86. The van der Waals surface area contributed by atoms with Crippen LogP contribution >= 0.6 is 37.2 Å². The molecule has 4 N–H and O–H groups in total. The zero-order chi connectivity index (χ0) is 18.1. The lowest BCUT2D eigenvalue weighted by Gasteiger charge is -2.40. The molecule has 1 aliphatic rings. The van der Waals surface area contributed by atoms with Crippen LogP contribution in [0.1, 0.15) is 18.0 Å². The Morgan fingerprint density at radius 1 is 1.07 bits per heavy atom. The molecule has 0 saturated carbocycles. The molecule has 7 nitrogen and oxygen atoms in total. The number of piperazine rings is 1. The van der Waals surface area contributed by atoms with Crippen molar-refractivity contribution in [3.63, 3.8) is 0 Å². The first-order valence-electron chi connectivity index (χ1n) is 8.81. The SMILES string of the molecule is CN1CCN(CCCNC(=O)CNC(=O)CN)C(c2ccccc2)C1.Cl.Cl.Cl. The molecule has 0 radical (unpaired) electrons. The molecule has 1 heterocycles. The molecule has 1 aromatic carbocycles. The summed E-state index contributed by atoms with van der Waals surface area (Å²) in [6, 6.07) is 11.0. The Bertz CT molecular complexity index is 565. The van der Waals surface area contributed by atoms with Crippen molar-refractivity contribution in [1.29, 1.82) is 0 Å². The highest BCUT2D eigenvalue weighted by Crippen LogP contribution is 2.24. The molecule has 0 bridgehead atoms. The number of hydrogen-bond acceptors (Lipinski definition) is 5. The van der Waals surface area contributed by atoms with Gasteiger partial charge in [-0.05, 0) is 19.0 Å². The van der Waals surface area contributed by atoms with Crippen LogP contribution in [0.3, 0.4) is 0 Å².